The van der Waals surface area contributed by atoms with Gasteiger partial charge in [0.05, 0.1) is 6.54 Å². The van der Waals surface area contributed by atoms with Gasteiger partial charge < -0.3 is 10.3 Å². The zero-order valence-electron chi connectivity index (χ0n) is 9.33. The van der Waals surface area contributed by atoms with Crippen LogP contribution in [-0.2, 0) is 13.6 Å². The second-order valence-electron chi connectivity index (χ2n) is 3.72. The molecule has 17 heavy (non-hydrogen) atoms. The maximum Gasteiger partial charge on any atom is 0.331 e. The first-order valence-electron chi connectivity index (χ1n) is 5.04. The third kappa shape index (κ3) is 2.10. The zero-order valence-corrected chi connectivity index (χ0v) is 9.33. The first-order chi connectivity index (χ1) is 8.09. The van der Waals surface area contributed by atoms with E-state index in [0.717, 1.165) is 10.1 Å². The molecule has 0 fully saturated rings. The summed E-state index contributed by atoms with van der Waals surface area (Å²) in [7, 11) is 1.56. The van der Waals surface area contributed by atoms with Crippen LogP contribution in [0.5, 0.6) is 0 Å². The molecular formula is C11H12N4O2. The maximum absolute atomic E-state index is 11.8. The predicted molar refractivity (Wildman–Crippen MR) is 63.7 cm³/mol. The van der Waals surface area contributed by atoms with E-state index in [1.807, 2.05) is 0 Å². The summed E-state index contributed by atoms with van der Waals surface area (Å²) in [5.41, 5.74) is 5.56. The highest BCUT2D eigenvalue weighted by Gasteiger charge is 2.07. The van der Waals surface area contributed by atoms with Crippen LogP contribution in [-0.4, -0.2) is 14.1 Å². The minimum absolute atomic E-state index is 0.0566. The Morgan fingerprint density at radius 2 is 1.94 bits per heavy atom. The first-order valence-corrected chi connectivity index (χ1v) is 5.04. The van der Waals surface area contributed by atoms with Gasteiger partial charge in [0.1, 0.15) is 5.69 Å². The lowest BCUT2D eigenvalue weighted by molar-refractivity contribution is 0.643. The second-order valence-corrected chi connectivity index (χ2v) is 3.72. The average molecular weight is 232 g/mol. The van der Waals surface area contributed by atoms with Gasteiger partial charge in [-0.25, -0.2) is 4.79 Å². The lowest BCUT2D eigenvalue weighted by atomic mass is 10.2. The van der Waals surface area contributed by atoms with Gasteiger partial charge in [0.25, 0.3) is 5.56 Å². The second kappa shape index (κ2) is 4.25. The molecule has 0 radical (unpaired) electrons. The molecule has 0 aliphatic heterocycles. The molecule has 0 aliphatic carbocycles. The molecular weight excluding hydrogens is 220 g/mol. The van der Waals surface area contributed by atoms with Crippen molar-refractivity contribution in [1.82, 2.24) is 14.1 Å². The molecule has 0 amide bonds. The van der Waals surface area contributed by atoms with Crippen LogP contribution in [0.2, 0.25) is 0 Å². The molecule has 2 heterocycles. The van der Waals surface area contributed by atoms with E-state index in [0.29, 0.717) is 0 Å². The van der Waals surface area contributed by atoms with Crippen LogP contribution in [0.25, 0.3) is 0 Å². The van der Waals surface area contributed by atoms with E-state index in [2.05, 4.69) is 4.98 Å². The van der Waals surface area contributed by atoms with Gasteiger partial charge in [-0.3, -0.25) is 14.3 Å². The van der Waals surface area contributed by atoms with Crippen molar-refractivity contribution in [1.29, 1.82) is 0 Å². The Morgan fingerprint density at radius 1 is 1.29 bits per heavy atom. The quantitative estimate of drug-likeness (QED) is 0.761. The standard InChI is InChI=1S/C11H12N4O2/c1-14-7-9(12)10(16)15(11(14)17)6-8-2-4-13-5-3-8/h2-5,7H,6,12H2,1H3. The summed E-state index contributed by atoms with van der Waals surface area (Å²) >= 11 is 0. The number of nitrogens with two attached hydrogens (primary N) is 1. The Balaban J connectivity index is 2.54. The van der Waals surface area contributed by atoms with Crippen LogP contribution < -0.4 is 17.0 Å². The van der Waals surface area contributed by atoms with E-state index in [4.69, 9.17) is 5.73 Å². The lowest BCUT2D eigenvalue weighted by Gasteiger charge is -2.07. The van der Waals surface area contributed by atoms with Crippen molar-refractivity contribution in [3.05, 3.63) is 57.1 Å². The van der Waals surface area contributed by atoms with Crippen molar-refractivity contribution in [2.24, 2.45) is 7.05 Å². The molecule has 2 aromatic heterocycles. The van der Waals surface area contributed by atoms with Crippen LogP contribution >= 0.6 is 0 Å². The molecule has 0 bridgehead atoms. The monoisotopic (exact) mass is 232 g/mol. The predicted octanol–water partition coefficient (Wildman–Crippen LogP) is -0.428. The number of nitrogen functional groups attached to an aromatic ring is 1. The number of nitrogens with zero attached hydrogens (tertiary/aromatic N) is 3. The third-order valence-corrected chi connectivity index (χ3v) is 2.45. The number of pyridine rings is 1. The van der Waals surface area contributed by atoms with Gasteiger partial charge >= 0.3 is 5.69 Å². The van der Waals surface area contributed by atoms with Gasteiger partial charge in [-0.2, -0.15) is 0 Å². The Kier molecular flexibility index (Phi) is 2.78. The Morgan fingerprint density at radius 3 is 2.59 bits per heavy atom. The SMILES string of the molecule is Cn1cc(N)c(=O)n(Cc2ccncc2)c1=O. The minimum atomic E-state index is -0.468. The molecule has 0 aliphatic rings. The van der Waals surface area contributed by atoms with Crippen molar-refractivity contribution in [3.8, 4) is 0 Å². The van der Waals surface area contributed by atoms with Crippen molar-refractivity contribution < 1.29 is 0 Å². The van der Waals surface area contributed by atoms with E-state index < -0.39 is 5.56 Å². The Hall–Kier alpha value is -2.37. The molecule has 0 atom stereocenters. The maximum atomic E-state index is 11.8. The minimum Gasteiger partial charge on any atom is -0.393 e. The molecule has 2 aromatic rings. The number of aromatic nitrogens is 3. The number of aryl methyl sites for hydroxylation is 1. The van der Waals surface area contributed by atoms with Gasteiger partial charge in [0.15, 0.2) is 0 Å². The lowest BCUT2D eigenvalue weighted by Crippen LogP contribution is -2.39. The number of rotatable bonds is 2. The highest BCUT2D eigenvalue weighted by molar-refractivity contribution is 5.31. The number of hydrogen-bond donors (Lipinski definition) is 1. The molecule has 6 nitrogen and oxygen atoms in total. The first kappa shape index (κ1) is 11.1. The van der Waals surface area contributed by atoms with Crippen molar-refractivity contribution in [2.45, 2.75) is 6.54 Å². The summed E-state index contributed by atoms with van der Waals surface area (Å²) in [5.74, 6) is 0. The van der Waals surface area contributed by atoms with Crippen LogP contribution in [0.1, 0.15) is 5.56 Å². The molecule has 0 aromatic carbocycles. The fourth-order valence-electron chi connectivity index (χ4n) is 1.56. The fourth-order valence-corrected chi connectivity index (χ4v) is 1.56. The summed E-state index contributed by atoms with van der Waals surface area (Å²) in [6, 6.07) is 3.49. The fraction of sp³-hybridized carbons (Fsp3) is 0.182. The van der Waals surface area contributed by atoms with Gasteiger partial charge in [-0.15, -0.1) is 0 Å². The Bertz CT molecular complexity index is 609. The highest BCUT2D eigenvalue weighted by atomic mass is 16.2. The molecule has 0 spiro atoms. The van der Waals surface area contributed by atoms with E-state index in [1.165, 1.54) is 10.8 Å². The van der Waals surface area contributed by atoms with Gasteiger partial charge in [-0.1, -0.05) is 0 Å². The molecule has 0 unspecified atom stereocenters. The molecule has 0 saturated heterocycles. The van der Waals surface area contributed by atoms with Gasteiger partial charge in [0, 0.05) is 25.6 Å². The van der Waals surface area contributed by atoms with Crippen molar-refractivity contribution in [2.75, 3.05) is 5.73 Å². The van der Waals surface area contributed by atoms with Crippen LogP contribution in [0.15, 0.2) is 40.3 Å². The molecule has 6 heteroatoms. The van der Waals surface area contributed by atoms with E-state index in [-0.39, 0.29) is 17.9 Å². The summed E-state index contributed by atoms with van der Waals surface area (Å²) in [6.45, 7) is 0.194. The normalized spacial score (nSPS) is 10.4. The van der Waals surface area contributed by atoms with Crippen LogP contribution in [0.3, 0.4) is 0 Å². The summed E-state index contributed by atoms with van der Waals surface area (Å²) < 4.78 is 2.39. The van der Waals surface area contributed by atoms with Crippen molar-refractivity contribution >= 4 is 5.69 Å². The summed E-state index contributed by atoms with van der Waals surface area (Å²) in [5, 5.41) is 0. The number of hydrogen-bond acceptors (Lipinski definition) is 4. The molecule has 2 N–H and O–H groups in total. The van der Waals surface area contributed by atoms with E-state index in [9.17, 15) is 9.59 Å². The van der Waals surface area contributed by atoms with E-state index >= 15 is 0 Å². The van der Waals surface area contributed by atoms with Gasteiger partial charge in [0.2, 0.25) is 0 Å². The summed E-state index contributed by atoms with van der Waals surface area (Å²) in [6.07, 6.45) is 4.54. The van der Waals surface area contributed by atoms with Crippen LogP contribution in [0, 0.1) is 0 Å². The third-order valence-electron chi connectivity index (χ3n) is 2.45. The Labute approximate surface area is 97.0 Å². The highest BCUT2D eigenvalue weighted by Crippen LogP contribution is 1.97. The van der Waals surface area contributed by atoms with Gasteiger partial charge in [-0.05, 0) is 17.7 Å². The summed E-state index contributed by atoms with van der Waals surface area (Å²) in [4.78, 5) is 27.4. The largest absolute Gasteiger partial charge is 0.393 e. The van der Waals surface area contributed by atoms with Crippen molar-refractivity contribution in [3.63, 3.8) is 0 Å². The zero-order chi connectivity index (χ0) is 12.4. The molecule has 88 valence electrons. The number of anilines is 1. The molecule has 0 saturated carbocycles. The van der Waals surface area contributed by atoms with Crippen LogP contribution in [0.4, 0.5) is 5.69 Å². The smallest absolute Gasteiger partial charge is 0.331 e. The van der Waals surface area contributed by atoms with E-state index in [1.54, 1.807) is 31.6 Å². The topological polar surface area (TPSA) is 82.9 Å². The average Bonchev–Trinajstić information content (AvgIpc) is 2.33. The molecule has 2 rings (SSSR count).